The van der Waals surface area contributed by atoms with Crippen molar-refractivity contribution in [1.82, 2.24) is 10.2 Å². The zero-order valence-electron chi connectivity index (χ0n) is 23.8. The summed E-state index contributed by atoms with van der Waals surface area (Å²) in [5.41, 5.74) is 3.09. The second-order valence-electron chi connectivity index (χ2n) is 10.9. The Bertz CT molecular complexity index is 1120. The van der Waals surface area contributed by atoms with Crippen molar-refractivity contribution in [3.05, 3.63) is 89.5 Å². The number of allylic oxidation sites excluding steroid dienone is 2. The summed E-state index contributed by atoms with van der Waals surface area (Å²) in [5, 5.41) is 3.20. The number of likely N-dealkylation sites (tertiary alicyclic amines) is 1. The minimum absolute atomic E-state index is 0.0177. The average Bonchev–Trinajstić information content (AvgIpc) is 2.97. The van der Waals surface area contributed by atoms with Crippen molar-refractivity contribution in [2.45, 2.75) is 56.9 Å². The van der Waals surface area contributed by atoms with Gasteiger partial charge in [-0.1, -0.05) is 67.1 Å². The van der Waals surface area contributed by atoms with E-state index in [9.17, 15) is 9.59 Å². The molecule has 0 aromatic heterocycles. The lowest BCUT2D eigenvalue weighted by Crippen LogP contribution is -2.36. The summed E-state index contributed by atoms with van der Waals surface area (Å²) in [4.78, 5) is 26.5. The second-order valence-corrected chi connectivity index (χ2v) is 10.9. The summed E-state index contributed by atoms with van der Waals surface area (Å²) < 4.78 is 11.3. The van der Waals surface area contributed by atoms with Crippen molar-refractivity contribution < 1.29 is 19.1 Å². The summed E-state index contributed by atoms with van der Waals surface area (Å²) in [6.45, 7) is 3.51. The lowest BCUT2D eigenvalue weighted by atomic mass is 9.91. The van der Waals surface area contributed by atoms with Crippen molar-refractivity contribution >= 4 is 12.3 Å². The molecule has 2 aliphatic carbocycles. The van der Waals surface area contributed by atoms with Gasteiger partial charge < -0.3 is 14.8 Å². The first kappa shape index (κ1) is 29.8. The van der Waals surface area contributed by atoms with E-state index in [0.717, 1.165) is 62.5 Å². The van der Waals surface area contributed by atoms with Crippen LogP contribution in [0.1, 0.15) is 62.0 Å². The number of nitrogens with zero attached hydrogens (tertiary/aromatic N) is 1. The van der Waals surface area contributed by atoms with Crippen molar-refractivity contribution in [2.75, 3.05) is 39.9 Å². The number of carbonyl (C=O) groups is 2. The Morgan fingerprint density at radius 2 is 1.80 bits per heavy atom. The number of hydrogen-bond acceptors (Lipinski definition) is 6. The van der Waals surface area contributed by atoms with Crippen LogP contribution in [0.3, 0.4) is 0 Å². The van der Waals surface area contributed by atoms with Gasteiger partial charge in [-0.3, -0.25) is 14.5 Å². The number of hydrogen-bond donors (Lipinski definition) is 1. The van der Waals surface area contributed by atoms with Crippen LogP contribution in [0.4, 0.5) is 0 Å². The standard InChI is InChI=1S/C29H33NO4.C5H11N/c31-18-19-33-27-13-7-12-26(20-27)28(25-10-5-2-6-11-25)29(32)34-22-24-14-16-30(17-15-24)21-23-8-3-1-4-9-23;1-6-5-3-2-4-5/h2-3,5-13,18,20,24,28H,1,4,14-17,19,21-22H2;5-6H,2-4H2,1H3. The first-order valence-corrected chi connectivity index (χ1v) is 14.8. The number of esters is 1. The Balaban J connectivity index is 0.000000546. The van der Waals surface area contributed by atoms with Crippen LogP contribution in [0.25, 0.3) is 0 Å². The molecule has 2 aromatic carbocycles. The third kappa shape index (κ3) is 9.17. The topological polar surface area (TPSA) is 67.9 Å². The number of ether oxygens (including phenoxy) is 2. The van der Waals surface area contributed by atoms with E-state index in [4.69, 9.17) is 9.47 Å². The second kappa shape index (κ2) is 16.1. The van der Waals surface area contributed by atoms with Crippen LogP contribution in [-0.2, 0) is 14.3 Å². The Kier molecular flexibility index (Phi) is 12.0. The van der Waals surface area contributed by atoms with Gasteiger partial charge in [0.1, 0.15) is 18.3 Å². The van der Waals surface area contributed by atoms with Crippen molar-refractivity contribution in [2.24, 2.45) is 5.92 Å². The predicted molar refractivity (Wildman–Crippen MR) is 160 cm³/mol. The van der Waals surface area contributed by atoms with E-state index >= 15 is 0 Å². The first-order valence-electron chi connectivity index (χ1n) is 14.8. The fraction of sp³-hybridized carbons (Fsp3) is 0.471. The quantitative estimate of drug-likeness (QED) is 0.290. The molecule has 0 spiro atoms. The molecular weight excluding hydrogens is 500 g/mol. The molecule has 1 atom stereocenters. The molecule has 0 bridgehead atoms. The number of rotatable bonds is 11. The van der Waals surface area contributed by atoms with E-state index in [0.29, 0.717) is 24.6 Å². The van der Waals surface area contributed by atoms with Crippen LogP contribution in [0.5, 0.6) is 5.75 Å². The van der Waals surface area contributed by atoms with Gasteiger partial charge in [-0.15, -0.1) is 0 Å². The van der Waals surface area contributed by atoms with E-state index in [1.165, 1.54) is 24.8 Å². The van der Waals surface area contributed by atoms with Gasteiger partial charge in [0.15, 0.2) is 6.29 Å². The van der Waals surface area contributed by atoms with Crippen molar-refractivity contribution in [3.63, 3.8) is 0 Å². The normalized spacial score (nSPS) is 18.5. The molecule has 2 aromatic rings. The lowest BCUT2D eigenvalue weighted by molar-refractivity contribution is -0.146. The maximum absolute atomic E-state index is 13.3. The third-order valence-electron chi connectivity index (χ3n) is 8.04. The molecule has 1 N–H and O–H groups in total. The van der Waals surface area contributed by atoms with E-state index in [2.05, 4.69) is 28.4 Å². The summed E-state index contributed by atoms with van der Waals surface area (Å²) in [6, 6.07) is 17.9. The van der Waals surface area contributed by atoms with Crippen LogP contribution >= 0.6 is 0 Å². The maximum atomic E-state index is 13.3. The van der Waals surface area contributed by atoms with Gasteiger partial charge in [0.25, 0.3) is 0 Å². The Hall–Kier alpha value is -3.22. The molecule has 6 heteroatoms. The number of piperidine rings is 1. The van der Waals surface area contributed by atoms with Gasteiger partial charge >= 0.3 is 5.97 Å². The molecule has 1 aliphatic heterocycles. The van der Waals surface area contributed by atoms with Gasteiger partial charge in [-0.05, 0) is 93.4 Å². The number of benzene rings is 2. The smallest absolute Gasteiger partial charge is 0.317 e. The lowest BCUT2D eigenvalue weighted by Gasteiger charge is -2.32. The largest absolute Gasteiger partial charge is 0.486 e. The Morgan fingerprint density at radius 3 is 2.42 bits per heavy atom. The molecule has 6 nitrogen and oxygen atoms in total. The van der Waals surface area contributed by atoms with Crippen molar-refractivity contribution in [3.8, 4) is 5.75 Å². The molecule has 1 unspecified atom stereocenters. The molecular formula is C34H44N2O4. The molecule has 40 heavy (non-hydrogen) atoms. The molecule has 1 heterocycles. The molecule has 2 fully saturated rings. The van der Waals surface area contributed by atoms with E-state index in [1.807, 2.05) is 55.6 Å². The highest BCUT2D eigenvalue weighted by Gasteiger charge is 2.27. The summed E-state index contributed by atoms with van der Waals surface area (Å²) in [7, 11) is 2.03. The van der Waals surface area contributed by atoms with E-state index < -0.39 is 5.92 Å². The number of aldehydes is 1. The van der Waals surface area contributed by atoms with Gasteiger partial charge in [0.2, 0.25) is 0 Å². The highest BCUT2D eigenvalue weighted by atomic mass is 16.5. The van der Waals surface area contributed by atoms with Crippen LogP contribution in [0, 0.1) is 5.92 Å². The van der Waals surface area contributed by atoms with Gasteiger partial charge in [0, 0.05) is 12.6 Å². The van der Waals surface area contributed by atoms with Crippen LogP contribution < -0.4 is 10.1 Å². The maximum Gasteiger partial charge on any atom is 0.317 e. The minimum Gasteiger partial charge on any atom is -0.486 e. The summed E-state index contributed by atoms with van der Waals surface area (Å²) in [5.74, 6) is 0.160. The SMILES string of the molecule is CNC1CCC1.O=CCOc1cccc(C(C(=O)OCC2CCN(CC3=CCCC=C3)CC2)c2ccccc2)c1. The summed E-state index contributed by atoms with van der Waals surface area (Å²) in [6.07, 6.45) is 16.2. The Morgan fingerprint density at radius 1 is 1.02 bits per heavy atom. The summed E-state index contributed by atoms with van der Waals surface area (Å²) >= 11 is 0. The fourth-order valence-electron chi connectivity index (χ4n) is 5.36. The third-order valence-corrected chi connectivity index (χ3v) is 8.04. The van der Waals surface area contributed by atoms with E-state index in [-0.39, 0.29) is 12.6 Å². The molecule has 0 amide bonds. The fourth-order valence-corrected chi connectivity index (χ4v) is 5.36. The monoisotopic (exact) mass is 544 g/mol. The zero-order valence-corrected chi connectivity index (χ0v) is 23.8. The highest BCUT2D eigenvalue weighted by molar-refractivity contribution is 5.82. The van der Waals surface area contributed by atoms with Crippen LogP contribution in [0.2, 0.25) is 0 Å². The first-order chi connectivity index (χ1) is 19.7. The zero-order chi connectivity index (χ0) is 28.0. The molecule has 214 valence electrons. The van der Waals surface area contributed by atoms with Crippen molar-refractivity contribution in [1.29, 1.82) is 0 Å². The molecule has 5 rings (SSSR count). The van der Waals surface area contributed by atoms with Gasteiger partial charge in [-0.2, -0.15) is 0 Å². The Labute approximate surface area is 239 Å². The minimum atomic E-state index is -0.536. The molecule has 0 radical (unpaired) electrons. The van der Waals surface area contributed by atoms with Crippen LogP contribution in [0.15, 0.2) is 78.4 Å². The number of nitrogens with one attached hydrogen (secondary N) is 1. The molecule has 1 saturated carbocycles. The van der Waals surface area contributed by atoms with Gasteiger partial charge in [0.05, 0.1) is 6.61 Å². The van der Waals surface area contributed by atoms with E-state index in [1.54, 1.807) is 6.07 Å². The average molecular weight is 545 g/mol. The van der Waals surface area contributed by atoms with Gasteiger partial charge in [-0.25, -0.2) is 0 Å². The van der Waals surface area contributed by atoms with Crippen LogP contribution in [-0.4, -0.2) is 63.1 Å². The number of carbonyl (C=O) groups excluding carboxylic acids is 2. The molecule has 3 aliphatic rings. The molecule has 1 saturated heterocycles. The predicted octanol–water partition coefficient (Wildman–Crippen LogP) is 5.69. The highest BCUT2D eigenvalue weighted by Crippen LogP contribution is 2.29.